The molecule has 0 fully saturated rings. The first-order chi connectivity index (χ1) is 15.8. The lowest BCUT2D eigenvalue weighted by atomic mass is 10.1. The highest BCUT2D eigenvalue weighted by atomic mass is 19.1. The number of hydrogen-bond acceptors (Lipinski definition) is 5. The van der Waals surface area contributed by atoms with Crippen LogP contribution in [0.5, 0.6) is 0 Å². The topological polar surface area (TPSA) is 92.8 Å². The zero-order valence-corrected chi connectivity index (χ0v) is 18.0. The molecule has 7 nitrogen and oxygen atoms in total. The Morgan fingerprint density at radius 2 is 1.36 bits per heavy atom. The fourth-order valence-corrected chi connectivity index (χ4v) is 3.06. The van der Waals surface area contributed by atoms with Crippen molar-refractivity contribution in [3.63, 3.8) is 0 Å². The largest absolute Gasteiger partial charge is 0.465 e. The van der Waals surface area contributed by atoms with Gasteiger partial charge in [-0.25, -0.2) is 9.18 Å². The van der Waals surface area contributed by atoms with Crippen molar-refractivity contribution in [1.82, 2.24) is 0 Å². The fourth-order valence-electron chi connectivity index (χ4n) is 3.06. The number of ketones is 1. The summed E-state index contributed by atoms with van der Waals surface area (Å²) in [5.74, 6) is -2.13. The van der Waals surface area contributed by atoms with Crippen LogP contribution in [-0.4, -0.2) is 37.2 Å². The van der Waals surface area contributed by atoms with Crippen LogP contribution in [0.2, 0.25) is 0 Å². The maximum absolute atomic E-state index is 13.4. The van der Waals surface area contributed by atoms with Crippen LogP contribution in [0.1, 0.15) is 38.0 Å². The first-order valence-corrected chi connectivity index (χ1v) is 9.95. The summed E-state index contributed by atoms with van der Waals surface area (Å²) < 4.78 is 18.1. The van der Waals surface area contributed by atoms with Crippen molar-refractivity contribution < 1.29 is 28.3 Å². The molecule has 8 heteroatoms. The number of ether oxygens (including phenoxy) is 1. The minimum Gasteiger partial charge on any atom is -0.465 e. The van der Waals surface area contributed by atoms with E-state index in [1.54, 1.807) is 24.3 Å². The number of carbonyl (C=O) groups is 4. The third kappa shape index (κ3) is 5.88. The molecular formula is C25H21FN2O5. The number of carbonyl (C=O) groups excluding carboxylic acids is 4. The predicted octanol–water partition coefficient (Wildman–Crippen LogP) is 4.10. The van der Waals surface area contributed by atoms with E-state index in [9.17, 15) is 23.6 Å². The molecule has 0 aliphatic heterocycles. The number of nitrogens with one attached hydrogen (secondary N) is 1. The van der Waals surface area contributed by atoms with Crippen LogP contribution in [-0.2, 0) is 9.53 Å². The molecule has 0 bridgehead atoms. The van der Waals surface area contributed by atoms with Gasteiger partial charge < -0.3 is 10.1 Å². The van der Waals surface area contributed by atoms with Crippen LogP contribution in [0.3, 0.4) is 0 Å². The van der Waals surface area contributed by atoms with Crippen molar-refractivity contribution in [2.45, 2.75) is 6.92 Å². The molecule has 0 heterocycles. The van der Waals surface area contributed by atoms with Gasteiger partial charge in [0, 0.05) is 22.5 Å². The molecule has 0 saturated carbocycles. The Kier molecular flexibility index (Phi) is 7.30. The molecule has 2 amide bonds. The monoisotopic (exact) mass is 448 g/mol. The quantitative estimate of drug-likeness (QED) is 0.434. The SMILES string of the molecule is COC(=O)c1ccc(C(=O)N(CC(=O)Nc2ccc(C(C)=O)cc2)c2ccc(F)cc2)cc1. The van der Waals surface area contributed by atoms with Gasteiger partial charge in [-0.2, -0.15) is 0 Å². The average Bonchev–Trinajstić information content (AvgIpc) is 2.82. The summed E-state index contributed by atoms with van der Waals surface area (Å²) >= 11 is 0. The molecule has 0 aromatic heterocycles. The lowest BCUT2D eigenvalue weighted by Gasteiger charge is -2.22. The first-order valence-electron chi connectivity index (χ1n) is 9.95. The number of amides is 2. The van der Waals surface area contributed by atoms with Gasteiger partial charge in [-0.1, -0.05) is 0 Å². The number of methoxy groups -OCH3 is 1. The molecule has 0 aliphatic rings. The molecular weight excluding hydrogens is 427 g/mol. The van der Waals surface area contributed by atoms with Crippen LogP contribution in [0.4, 0.5) is 15.8 Å². The summed E-state index contributed by atoms with van der Waals surface area (Å²) in [7, 11) is 1.25. The Hall–Kier alpha value is -4.33. The van der Waals surface area contributed by atoms with Gasteiger partial charge in [-0.3, -0.25) is 19.3 Å². The minimum absolute atomic E-state index is 0.0980. The zero-order chi connectivity index (χ0) is 24.0. The number of halogens is 1. The normalized spacial score (nSPS) is 10.3. The number of rotatable bonds is 7. The molecule has 0 aliphatic carbocycles. The first kappa shape index (κ1) is 23.3. The smallest absolute Gasteiger partial charge is 0.337 e. The molecule has 0 radical (unpaired) electrons. The van der Waals surface area contributed by atoms with Crippen molar-refractivity contribution >= 4 is 34.9 Å². The van der Waals surface area contributed by atoms with Gasteiger partial charge in [-0.05, 0) is 79.7 Å². The Balaban J connectivity index is 1.82. The zero-order valence-electron chi connectivity index (χ0n) is 18.0. The van der Waals surface area contributed by atoms with Crippen LogP contribution in [0.15, 0.2) is 72.8 Å². The van der Waals surface area contributed by atoms with E-state index in [2.05, 4.69) is 10.1 Å². The second kappa shape index (κ2) is 10.3. The van der Waals surface area contributed by atoms with E-state index in [4.69, 9.17) is 0 Å². The van der Waals surface area contributed by atoms with E-state index in [1.165, 1.54) is 67.5 Å². The second-order valence-corrected chi connectivity index (χ2v) is 7.12. The second-order valence-electron chi connectivity index (χ2n) is 7.12. The highest BCUT2D eigenvalue weighted by Crippen LogP contribution is 2.19. The van der Waals surface area contributed by atoms with Gasteiger partial charge in [-0.15, -0.1) is 0 Å². The van der Waals surface area contributed by atoms with E-state index in [1.807, 2.05) is 0 Å². The van der Waals surface area contributed by atoms with E-state index in [0.717, 1.165) is 0 Å². The van der Waals surface area contributed by atoms with Gasteiger partial charge in [0.1, 0.15) is 12.4 Å². The van der Waals surface area contributed by atoms with Crippen LogP contribution < -0.4 is 10.2 Å². The summed E-state index contributed by atoms with van der Waals surface area (Å²) in [6, 6.07) is 17.3. The van der Waals surface area contributed by atoms with Gasteiger partial charge in [0.05, 0.1) is 12.7 Å². The Morgan fingerprint density at radius 1 is 0.818 bits per heavy atom. The lowest BCUT2D eigenvalue weighted by Crippen LogP contribution is -2.38. The molecule has 0 saturated heterocycles. The number of anilines is 2. The molecule has 0 unspecified atom stereocenters. The highest BCUT2D eigenvalue weighted by Gasteiger charge is 2.21. The number of esters is 1. The molecule has 3 rings (SSSR count). The minimum atomic E-state index is -0.542. The van der Waals surface area contributed by atoms with Crippen molar-refractivity contribution in [3.8, 4) is 0 Å². The fraction of sp³-hybridized carbons (Fsp3) is 0.120. The van der Waals surface area contributed by atoms with Crippen molar-refractivity contribution in [2.75, 3.05) is 23.9 Å². The average molecular weight is 448 g/mol. The van der Waals surface area contributed by atoms with Crippen LogP contribution >= 0.6 is 0 Å². The predicted molar refractivity (Wildman–Crippen MR) is 121 cm³/mol. The van der Waals surface area contributed by atoms with Gasteiger partial charge in [0.15, 0.2) is 5.78 Å². The third-order valence-corrected chi connectivity index (χ3v) is 4.81. The Morgan fingerprint density at radius 3 is 1.91 bits per heavy atom. The highest BCUT2D eigenvalue weighted by molar-refractivity contribution is 6.10. The summed E-state index contributed by atoms with van der Waals surface area (Å²) in [6.07, 6.45) is 0. The van der Waals surface area contributed by atoms with Gasteiger partial charge in [0.2, 0.25) is 5.91 Å². The van der Waals surface area contributed by atoms with E-state index in [0.29, 0.717) is 16.9 Å². The van der Waals surface area contributed by atoms with Crippen LogP contribution in [0.25, 0.3) is 0 Å². The summed E-state index contributed by atoms with van der Waals surface area (Å²) in [6.45, 7) is 1.09. The Bertz CT molecular complexity index is 1170. The summed E-state index contributed by atoms with van der Waals surface area (Å²) in [5.41, 5.74) is 1.78. The Labute approximate surface area is 189 Å². The molecule has 3 aromatic carbocycles. The number of hydrogen-bond donors (Lipinski definition) is 1. The maximum atomic E-state index is 13.4. The van der Waals surface area contributed by atoms with E-state index >= 15 is 0 Å². The molecule has 33 heavy (non-hydrogen) atoms. The van der Waals surface area contributed by atoms with Gasteiger partial charge >= 0.3 is 5.97 Å². The summed E-state index contributed by atoms with van der Waals surface area (Å²) in [5, 5.41) is 2.68. The molecule has 0 atom stereocenters. The lowest BCUT2D eigenvalue weighted by molar-refractivity contribution is -0.114. The van der Waals surface area contributed by atoms with Crippen LogP contribution in [0, 0.1) is 5.82 Å². The molecule has 1 N–H and O–H groups in total. The van der Waals surface area contributed by atoms with E-state index in [-0.39, 0.29) is 23.5 Å². The maximum Gasteiger partial charge on any atom is 0.337 e. The number of benzene rings is 3. The number of nitrogens with zero attached hydrogens (tertiary/aromatic N) is 1. The molecule has 3 aromatic rings. The van der Waals surface area contributed by atoms with Crippen molar-refractivity contribution in [3.05, 3.63) is 95.3 Å². The number of Topliss-reactive ketones (excluding diaryl/α,β-unsaturated/α-hetero) is 1. The van der Waals surface area contributed by atoms with Crippen molar-refractivity contribution in [2.24, 2.45) is 0 Å². The standard InChI is InChI=1S/C25H21FN2O5/c1-16(29)17-7-11-21(12-8-17)27-23(30)15-28(22-13-9-20(26)10-14-22)24(31)18-3-5-19(6-4-18)25(32)33-2/h3-14H,15H2,1-2H3,(H,27,30). The molecule has 0 spiro atoms. The summed E-state index contributed by atoms with van der Waals surface area (Å²) in [4.78, 5) is 50.1. The molecule has 168 valence electrons. The van der Waals surface area contributed by atoms with E-state index < -0.39 is 23.6 Å². The third-order valence-electron chi connectivity index (χ3n) is 4.81. The van der Waals surface area contributed by atoms with Gasteiger partial charge in [0.25, 0.3) is 5.91 Å². The van der Waals surface area contributed by atoms with Crippen molar-refractivity contribution in [1.29, 1.82) is 0 Å².